The average Bonchev–Trinajstić information content (AvgIpc) is 1.77. The van der Waals surface area contributed by atoms with E-state index in [1.807, 2.05) is 5.96 Å². The Morgan fingerprint density at radius 2 is 2.38 bits per heavy atom. The summed E-state index contributed by atoms with van der Waals surface area (Å²) in [6.45, 7) is 1.79. The van der Waals surface area contributed by atoms with Gasteiger partial charge < -0.3 is 0 Å². The molecule has 1 aromatic rings. The predicted octanol–water partition coefficient (Wildman–Crippen LogP) is 1.49. The van der Waals surface area contributed by atoms with Crippen molar-refractivity contribution >= 4 is 22.8 Å². The summed E-state index contributed by atoms with van der Waals surface area (Å²) in [5.74, 6) is 2.14. The molecule has 1 heterocycles. The van der Waals surface area contributed by atoms with Gasteiger partial charge in [0.25, 0.3) is 0 Å². The van der Waals surface area contributed by atoms with Gasteiger partial charge in [0.15, 0.2) is 0 Å². The molecule has 1 aromatic heterocycles. The molecule has 0 aromatic carbocycles. The molecule has 1 rings (SSSR count). The maximum atomic E-state index is 8.87. The number of aromatic hydroxyl groups is 1. The van der Waals surface area contributed by atoms with Crippen LogP contribution in [0.2, 0.25) is 0 Å². The van der Waals surface area contributed by atoms with Crippen molar-refractivity contribution in [3.05, 3.63) is 22.5 Å². The van der Waals surface area contributed by atoms with Crippen LogP contribution in [-0.4, -0.2) is 12.0 Å². The molecule has 0 amide bonds. The summed E-state index contributed by atoms with van der Waals surface area (Å²) in [5.41, 5.74) is 0. The van der Waals surface area contributed by atoms with Crippen LogP contribution >= 0.6 is 15.9 Å². The molecule has 0 aliphatic rings. The first kappa shape index (κ1) is 5.82. The van der Waals surface area contributed by atoms with Gasteiger partial charge in [-0.15, -0.1) is 0 Å². The molecule has 8 heavy (non-hydrogen) atoms. The summed E-state index contributed by atoms with van der Waals surface area (Å²) in [5, 5.41) is 8.87. The number of rotatable bonds is 0. The first-order valence-corrected chi connectivity index (χ1v) is 3.03. The third-order valence-electron chi connectivity index (χ3n) is 0.852. The van der Waals surface area contributed by atoms with Crippen LogP contribution in [0.3, 0.4) is 0 Å². The Hall–Kier alpha value is -0.305. The molecule has 0 radical (unpaired) electrons. The molecule has 0 saturated carbocycles. The predicted molar refractivity (Wildman–Crippen MR) is 37.2 cm³/mol. The van der Waals surface area contributed by atoms with Gasteiger partial charge in [-0.25, -0.2) is 0 Å². The first-order valence-electron chi connectivity index (χ1n) is 2.24. The van der Waals surface area contributed by atoms with Crippen LogP contribution in [0.4, 0.5) is 0 Å². The van der Waals surface area contributed by atoms with Gasteiger partial charge in [0.1, 0.15) is 0 Å². The van der Waals surface area contributed by atoms with Crippen molar-refractivity contribution in [2.24, 2.45) is 0 Å². The number of hydrogen-bond acceptors (Lipinski definition) is 1. The molecule has 1 nitrogen and oxygen atoms in total. The molecule has 0 aliphatic heterocycles. The summed E-state index contributed by atoms with van der Waals surface area (Å²) in [4.78, 5) is 0. The third-order valence-corrected chi connectivity index (χ3v) is 1.52. The van der Waals surface area contributed by atoms with Gasteiger partial charge in [-0.2, -0.15) is 0 Å². The van der Waals surface area contributed by atoms with E-state index >= 15 is 0 Å². The Bertz CT molecular complexity index is 169. The van der Waals surface area contributed by atoms with E-state index < -0.39 is 0 Å². The zero-order chi connectivity index (χ0) is 5.98. The van der Waals surface area contributed by atoms with E-state index in [1.165, 1.54) is 0 Å². The van der Waals surface area contributed by atoms with Crippen LogP contribution in [0.1, 0.15) is 0 Å². The van der Waals surface area contributed by atoms with Crippen LogP contribution in [0.15, 0.2) is 22.5 Å². The Morgan fingerprint density at radius 3 is 2.75 bits per heavy atom. The normalized spacial score (nSPS) is 8.62. The van der Waals surface area contributed by atoms with Gasteiger partial charge in [0.2, 0.25) is 0 Å². The Balaban J connectivity index is 3.13. The van der Waals surface area contributed by atoms with Crippen molar-refractivity contribution in [1.29, 1.82) is 0 Å². The van der Waals surface area contributed by atoms with Crippen LogP contribution in [0, 0.1) is 0 Å². The third kappa shape index (κ3) is 1.10. The molecule has 0 bridgehead atoms. The van der Waals surface area contributed by atoms with Crippen molar-refractivity contribution in [3.63, 3.8) is 0 Å². The van der Waals surface area contributed by atoms with E-state index in [9.17, 15) is 0 Å². The van der Waals surface area contributed by atoms with E-state index in [4.69, 9.17) is 5.11 Å². The van der Waals surface area contributed by atoms with Gasteiger partial charge >= 0.3 is 56.2 Å². The minimum absolute atomic E-state index is 0.285. The van der Waals surface area contributed by atoms with Crippen molar-refractivity contribution in [2.75, 3.05) is 0 Å². The van der Waals surface area contributed by atoms with Crippen molar-refractivity contribution < 1.29 is 5.11 Å². The Morgan fingerprint density at radius 1 is 1.62 bits per heavy atom. The molecule has 0 atom stereocenters. The van der Waals surface area contributed by atoms with Crippen molar-refractivity contribution in [1.82, 2.24) is 0 Å². The average molecular weight is 171 g/mol. The fourth-order valence-electron chi connectivity index (χ4n) is 0.452. The van der Waals surface area contributed by atoms with Crippen molar-refractivity contribution in [3.8, 4) is 5.75 Å². The zero-order valence-corrected chi connectivity index (χ0v) is 5.72. The van der Waals surface area contributed by atoms with Gasteiger partial charge in [0, 0.05) is 0 Å². The minimum atomic E-state index is 0.285. The molecule has 40 valence electrons. The molecule has 0 aliphatic carbocycles. The summed E-state index contributed by atoms with van der Waals surface area (Å²) >= 11 is 3.15. The van der Waals surface area contributed by atoms with E-state index in [2.05, 4.69) is 15.9 Å². The Labute approximate surface area is 56.7 Å². The number of halogens is 1. The molecular weight excluding hydrogens is 167 g/mol. The van der Waals surface area contributed by atoms with Crippen LogP contribution in [0.5, 0.6) is 5.75 Å². The summed E-state index contributed by atoms with van der Waals surface area (Å²) < 4.78 is 0.736. The Kier molecular flexibility index (Phi) is 1.68. The summed E-state index contributed by atoms with van der Waals surface area (Å²) in [7, 11) is 0. The molecule has 0 unspecified atom stereocenters. The summed E-state index contributed by atoms with van der Waals surface area (Å²) in [6.07, 6.45) is 0. The molecular formula is C5H4BBrO. The molecule has 0 fully saturated rings. The van der Waals surface area contributed by atoms with Gasteiger partial charge in [-0.1, -0.05) is 0 Å². The zero-order valence-electron chi connectivity index (χ0n) is 4.13. The maximum absolute atomic E-state index is 8.87. The van der Waals surface area contributed by atoms with E-state index in [-0.39, 0.29) is 5.75 Å². The van der Waals surface area contributed by atoms with Crippen LogP contribution < -0.4 is 0 Å². The van der Waals surface area contributed by atoms with Crippen LogP contribution in [-0.2, 0) is 0 Å². The SMILES string of the molecule is Oc1cccbc1Br. The van der Waals surface area contributed by atoms with Crippen LogP contribution in [0.25, 0.3) is 0 Å². The van der Waals surface area contributed by atoms with E-state index in [0.29, 0.717) is 0 Å². The quantitative estimate of drug-likeness (QED) is 0.626. The fraction of sp³-hybridized carbons (Fsp3) is 0. The van der Waals surface area contributed by atoms with Gasteiger partial charge in [-0.3, -0.25) is 0 Å². The fourth-order valence-corrected chi connectivity index (χ4v) is 0.737. The van der Waals surface area contributed by atoms with Gasteiger partial charge in [0.05, 0.1) is 0 Å². The van der Waals surface area contributed by atoms with E-state index in [0.717, 1.165) is 4.37 Å². The van der Waals surface area contributed by atoms with E-state index in [1.54, 1.807) is 19.0 Å². The number of hydrogen-bond donors (Lipinski definition) is 1. The topological polar surface area (TPSA) is 20.2 Å². The summed E-state index contributed by atoms with van der Waals surface area (Å²) in [6, 6.07) is 3.41. The molecule has 0 spiro atoms. The first-order chi connectivity index (χ1) is 3.80. The molecule has 3 heteroatoms. The van der Waals surface area contributed by atoms with Crippen molar-refractivity contribution in [2.45, 2.75) is 0 Å². The van der Waals surface area contributed by atoms with Gasteiger partial charge in [-0.05, 0) is 0 Å². The second-order valence-corrected chi connectivity index (χ2v) is 2.31. The second-order valence-electron chi connectivity index (χ2n) is 1.45. The standard InChI is InChI=1S/C5H4BBrO/c7-5-4(8)2-1-3-6-5/h1-3,8H. The molecule has 1 N–H and O–H groups in total. The molecule has 0 saturated heterocycles. The monoisotopic (exact) mass is 170 g/mol. The second kappa shape index (κ2) is 2.31.